The molecule has 34 heavy (non-hydrogen) atoms. The normalized spacial score (nSPS) is 14.3. The highest BCUT2D eigenvalue weighted by Gasteiger charge is 2.29. The Labute approximate surface area is 200 Å². The van der Waals surface area contributed by atoms with Gasteiger partial charge in [-0.2, -0.15) is 4.72 Å². The molecule has 0 saturated heterocycles. The van der Waals surface area contributed by atoms with Crippen molar-refractivity contribution >= 4 is 27.4 Å². The Morgan fingerprint density at radius 1 is 0.971 bits per heavy atom. The van der Waals surface area contributed by atoms with Gasteiger partial charge in [0.25, 0.3) is 0 Å². The van der Waals surface area contributed by atoms with Crippen molar-refractivity contribution in [2.45, 2.75) is 51.0 Å². The van der Waals surface area contributed by atoms with Crippen molar-refractivity contribution in [3.63, 3.8) is 0 Å². The van der Waals surface area contributed by atoms with E-state index in [1.54, 1.807) is 36.4 Å². The highest BCUT2D eigenvalue weighted by molar-refractivity contribution is 7.89. The second-order valence-electron chi connectivity index (χ2n) is 8.85. The summed E-state index contributed by atoms with van der Waals surface area (Å²) < 4.78 is 29.3. The van der Waals surface area contributed by atoms with Crippen molar-refractivity contribution in [2.24, 2.45) is 0 Å². The third kappa shape index (κ3) is 5.11. The van der Waals surface area contributed by atoms with Crippen LogP contribution in [0.2, 0.25) is 0 Å². The molecule has 6 nitrogen and oxygen atoms in total. The smallest absolute Gasteiger partial charge is 0.241 e. The Morgan fingerprint density at radius 2 is 1.65 bits per heavy atom. The van der Waals surface area contributed by atoms with Crippen molar-refractivity contribution in [1.29, 1.82) is 0 Å². The Bertz CT molecular complexity index is 1340. The highest BCUT2D eigenvalue weighted by Crippen LogP contribution is 2.27. The fraction of sp³-hybridized carbons (Fsp3) is 0.259. The van der Waals surface area contributed by atoms with Gasteiger partial charge in [0.05, 0.1) is 4.90 Å². The third-order valence-electron chi connectivity index (χ3n) is 6.20. The topological polar surface area (TPSA) is 92.3 Å². The maximum atomic E-state index is 13.5. The number of fused-ring (bicyclic) bond motifs is 1. The molecule has 3 aromatic carbocycles. The van der Waals surface area contributed by atoms with Crippen LogP contribution in [0, 0.1) is 20.8 Å². The Hall–Kier alpha value is -3.29. The molecule has 0 aromatic heterocycles. The molecule has 0 fully saturated rings. The number of nitrogens with one attached hydrogen (secondary N) is 2. The first-order valence-electron chi connectivity index (χ1n) is 11.2. The van der Waals surface area contributed by atoms with E-state index in [2.05, 4.69) is 10.0 Å². The zero-order valence-corrected chi connectivity index (χ0v) is 20.3. The Balaban J connectivity index is 1.66. The minimum absolute atomic E-state index is 0.0684. The second kappa shape index (κ2) is 9.52. The van der Waals surface area contributed by atoms with Crippen molar-refractivity contribution in [1.82, 2.24) is 4.72 Å². The molecule has 0 spiro atoms. The summed E-state index contributed by atoms with van der Waals surface area (Å²) in [6.07, 6.45) is 0.901. The fourth-order valence-electron chi connectivity index (χ4n) is 4.48. The first-order chi connectivity index (χ1) is 16.1. The first-order valence-corrected chi connectivity index (χ1v) is 12.7. The quantitative estimate of drug-likeness (QED) is 0.531. The van der Waals surface area contributed by atoms with Crippen LogP contribution in [0.4, 0.5) is 5.69 Å². The van der Waals surface area contributed by atoms with Gasteiger partial charge < -0.3 is 5.32 Å². The summed E-state index contributed by atoms with van der Waals surface area (Å²) >= 11 is 0. The van der Waals surface area contributed by atoms with Crippen LogP contribution in [0.5, 0.6) is 0 Å². The summed E-state index contributed by atoms with van der Waals surface area (Å²) in [5.41, 5.74) is 6.03. The van der Waals surface area contributed by atoms with Crippen LogP contribution < -0.4 is 10.0 Å². The summed E-state index contributed by atoms with van der Waals surface area (Å²) in [6, 6.07) is 16.6. The van der Waals surface area contributed by atoms with Crippen LogP contribution in [-0.2, 0) is 32.5 Å². The number of aryl methyl sites for hydroxylation is 4. The van der Waals surface area contributed by atoms with E-state index in [9.17, 15) is 18.0 Å². The molecule has 3 aromatic rings. The molecule has 1 aliphatic heterocycles. The van der Waals surface area contributed by atoms with Crippen LogP contribution in [0.25, 0.3) is 0 Å². The molecule has 0 aliphatic carbocycles. The van der Waals surface area contributed by atoms with E-state index >= 15 is 0 Å². The molecule has 7 heteroatoms. The van der Waals surface area contributed by atoms with Crippen molar-refractivity contribution in [2.75, 3.05) is 5.32 Å². The van der Waals surface area contributed by atoms with Gasteiger partial charge in [-0.3, -0.25) is 9.59 Å². The van der Waals surface area contributed by atoms with Gasteiger partial charge in [0.15, 0.2) is 5.78 Å². The predicted octanol–water partition coefficient (Wildman–Crippen LogP) is 4.33. The molecular formula is C27H28N2O4S. The zero-order chi connectivity index (χ0) is 24.5. The lowest BCUT2D eigenvalue weighted by molar-refractivity contribution is -0.120. The van der Waals surface area contributed by atoms with Gasteiger partial charge in [0.2, 0.25) is 15.9 Å². The van der Waals surface area contributed by atoms with Gasteiger partial charge >= 0.3 is 0 Å². The van der Waals surface area contributed by atoms with E-state index in [-0.39, 0.29) is 23.0 Å². The van der Waals surface area contributed by atoms with Crippen LogP contribution in [0.15, 0.2) is 65.6 Å². The predicted molar refractivity (Wildman–Crippen MR) is 132 cm³/mol. The fourth-order valence-corrected chi connectivity index (χ4v) is 5.74. The van der Waals surface area contributed by atoms with Gasteiger partial charge in [0.1, 0.15) is 6.04 Å². The van der Waals surface area contributed by atoms with Crippen LogP contribution in [0.1, 0.15) is 45.8 Å². The number of carbonyl (C=O) groups excluding carboxylic acids is 2. The minimum atomic E-state index is -4.00. The molecular weight excluding hydrogens is 448 g/mol. The molecule has 1 heterocycles. The lowest BCUT2D eigenvalue weighted by Crippen LogP contribution is -2.35. The largest absolute Gasteiger partial charge is 0.326 e. The average molecular weight is 477 g/mol. The molecule has 0 saturated carbocycles. The summed E-state index contributed by atoms with van der Waals surface area (Å²) in [7, 11) is -4.00. The lowest BCUT2D eigenvalue weighted by Gasteiger charge is -2.21. The van der Waals surface area contributed by atoms with Crippen LogP contribution in [-0.4, -0.2) is 20.1 Å². The zero-order valence-electron chi connectivity index (χ0n) is 19.5. The molecule has 1 atom stereocenters. The number of Topliss-reactive ketones (excluding diaryl/α,β-unsaturated/α-hetero) is 1. The molecule has 176 valence electrons. The number of sulfonamides is 1. The van der Waals surface area contributed by atoms with Crippen LogP contribution in [0.3, 0.4) is 0 Å². The van der Waals surface area contributed by atoms with Crippen molar-refractivity contribution in [3.05, 3.63) is 94.0 Å². The minimum Gasteiger partial charge on any atom is -0.326 e. The van der Waals surface area contributed by atoms with Crippen LogP contribution >= 0.6 is 0 Å². The molecule has 1 unspecified atom stereocenters. The van der Waals surface area contributed by atoms with E-state index in [0.29, 0.717) is 24.1 Å². The number of hydrogen-bond acceptors (Lipinski definition) is 4. The van der Waals surface area contributed by atoms with Crippen molar-refractivity contribution < 1.29 is 18.0 Å². The maximum Gasteiger partial charge on any atom is 0.241 e. The van der Waals surface area contributed by atoms with E-state index in [0.717, 1.165) is 27.8 Å². The Morgan fingerprint density at radius 3 is 2.32 bits per heavy atom. The maximum absolute atomic E-state index is 13.5. The SMILES string of the molecule is Cc1cc(C)c(CC(=O)C(NS(=O)(=O)c2ccc3c(c2)CCC(=O)N3)c2ccccc2)c(C)c1. The highest BCUT2D eigenvalue weighted by atomic mass is 32.2. The Kier molecular flexibility index (Phi) is 6.68. The van der Waals surface area contributed by atoms with Gasteiger partial charge in [-0.25, -0.2) is 8.42 Å². The monoisotopic (exact) mass is 476 g/mol. The van der Waals surface area contributed by atoms with Gasteiger partial charge in [-0.1, -0.05) is 48.0 Å². The first kappa shape index (κ1) is 23.9. The molecule has 0 radical (unpaired) electrons. The molecule has 1 amide bonds. The summed E-state index contributed by atoms with van der Waals surface area (Å²) in [5, 5.41) is 2.76. The lowest BCUT2D eigenvalue weighted by atomic mass is 9.92. The number of benzene rings is 3. The van der Waals surface area contributed by atoms with Crippen molar-refractivity contribution in [3.8, 4) is 0 Å². The van der Waals surface area contributed by atoms with Gasteiger partial charge in [-0.05, 0) is 73.2 Å². The second-order valence-corrected chi connectivity index (χ2v) is 10.6. The number of rotatable bonds is 7. The van der Waals surface area contributed by atoms with E-state index in [4.69, 9.17) is 0 Å². The van der Waals surface area contributed by atoms with E-state index in [1.165, 1.54) is 6.07 Å². The van der Waals surface area contributed by atoms with Gasteiger partial charge in [0, 0.05) is 18.5 Å². The number of carbonyl (C=O) groups is 2. The molecule has 1 aliphatic rings. The molecule has 0 bridgehead atoms. The average Bonchev–Trinajstić information content (AvgIpc) is 2.80. The summed E-state index contributed by atoms with van der Waals surface area (Å²) in [5.74, 6) is -0.312. The number of amides is 1. The summed E-state index contributed by atoms with van der Waals surface area (Å²) in [4.78, 5) is 25.2. The number of anilines is 1. The number of hydrogen-bond donors (Lipinski definition) is 2. The number of ketones is 1. The molecule has 2 N–H and O–H groups in total. The standard InChI is InChI=1S/C27H28N2O4S/c1-17-13-18(2)23(19(3)14-17)16-25(30)27(20-7-5-4-6-8-20)29-34(32,33)22-10-11-24-21(15-22)9-12-26(31)28-24/h4-8,10-11,13-15,27,29H,9,12,16H2,1-3H3,(H,28,31). The van der Waals surface area contributed by atoms with E-state index in [1.807, 2.05) is 39.0 Å². The third-order valence-corrected chi connectivity index (χ3v) is 7.62. The van der Waals surface area contributed by atoms with E-state index < -0.39 is 16.1 Å². The van der Waals surface area contributed by atoms with Gasteiger partial charge in [-0.15, -0.1) is 0 Å². The summed E-state index contributed by atoms with van der Waals surface area (Å²) in [6.45, 7) is 5.95. The molecule has 4 rings (SSSR count).